The Morgan fingerprint density at radius 3 is 2.88 bits per heavy atom. The number of hydrogen-bond acceptors (Lipinski definition) is 2. The highest BCUT2D eigenvalue weighted by Crippen LogP contribution is 1.80. The van der Waals surface area contributed by atoms with Crippen LogP contribution < -0.4 is 5.43 Å². The van der Waals surface area contributed by atoms with Gasteiger partial charge in [-0.1, -0.05) is 13.3 Å². The van der Waals surface area contributed by atoms with Crippen molar-refractivity contribution in [1.29, 1.82) is 0 Å². The van der Waals surface area contributed by atoms with E-state index in [4.69, 9.17) is 0 Å². The molecule has 0 saturated heterocycles. The molecule has 0 fully saturated rings. The predicted octanol–water partition coefficient (Wildman–Crippen LogP) is 1.38. The molecule has 0 amide bonds. The molecule has 0 aliphatic heterocycles. The topological polar surface area (TPSA) is 24.4 Å². The quantitative estimate of drug-likeness (QED) is 0.333. The van der Waals surface area contributed by atoms with Crippen LogP contribution in [0.25, 0.3) is 0 Å². The normalized spacial score (nSPS) is 10.2. The summed E-state index contributed by atoms with van der Waals surface area (Å²) >= 11 is 0. The lowest BCUT2D eigenvalue weighted by Crippen LogP contribution is -2.05. The van der Waals surface area contributed by atoms with E-state index in [9.17, 15) is 0 Å². The van der Waals surface area contributed by atoms with Crippen LogP contribution in [0.15, 0.2) is 5.10 Å². The minimum Gasteiger partial charge on any atom is -0.310 e. The molecule has 0 atom stereocenters. The summed E-state index contributed by atoms with van der Waals surface area (Å²) < 4.78 is 0. The van der Waals surface area contributed by atoms with Gasteiger partial charge >= 0.3 is 0 Å². The molecule has 2 nitrogen and oxygen atoms in total. The van der Waals surface area contributed by atoms with Gasteiger partial charge in [0, 0.05) is 12.8 Å². The highest BCUT2D eigenvalue weighted by atomic mass is 15.3. The first-order valence-corrected chi connectivity index (χ1v) is 3.12. The van der Waals surface area contributed by atoms with Crippen molar-refractivity contribution in [1.82, 2.24) is 5.43 Å². The van der Waals surface area contributed by atoms with Crippen molar-refractivity contribution in [2.24, 2.45) is 5.10 Å². The van der Waals surface area contributed by atoms with Crippen molar-refractivity contribution in [2.45, 2.75) is 26.7 Å². The second kappa shape index (κ2) is 6.47. The maximum atomic E-state index is 3.83. The Bertz CT molecular complexity index is 59.5. The van der Waals surface area contributed by atoms with Crippen LogP contribution >= 0.6 is 0 Å². The average molecular weight is 114 g/mol. The Morgan fingerprint density at radius 1 is 1.62 bits per heavy atom. The lowest BCUT2D eigenvalue weighted by molar-refractivity contribution is 0.673. The fourth-order valence-electron chi connectivity index (χ4n) is 0.412. The highest BCUT2D eigenvalue weighted by molar-refractivity contribution is 5.52. The molecule has 1 N–H and O–H groups in total. The molecule has 0 aromatic heterocycles. The van der Waals surface area contributed by atoms with Gasteiger partial charge in [-0.25, -0.2) is 0 Å². The minimum atomic E-state index is 1.00. The molecule has 0 aliphatic carbocycles. The van der Waals surface area contributed by atoms with Crippen LogP contribution in [-0.4, -0.2) is 12.8 Å². The first-order valence-electron chi connectivity index (χ1n) is 3.12. The van der Waals surface area contributed by atoms with E-state index in [0.29, 0.717) is 0 Å². The Labute approximate surface area is 51.0 Å². The zero-order valence-corrected chi connectivity index (χ0v) is 5.65. The van der Waals surface area contributed by atoms with Crippen LogP contribution in [0.5, 0.6) is 0 Å². The first kappa shape index (κ1) is 7.47. The molecule has 0 aromatic rings. The number of hydrazone groups is 1. The molecule has 0 rings (SSSR count). The van der Waals surface area contributed by atoms with Gasteiger partial charge < -0.3 is 5.43 Å². The second-order valence-electron chi connectivity index (χ2n) is 1.65. The molecule has 48 valence electrons. The molecule has 0 unspecified atom stereocenters. The fraction of sp³-hybridized carbons (Fsp3) is 0.833. The number of nitrogens with one attached hydrogen (secondary N) is 1. The molecule has 0 aromatic carbocycles. The molecular weight excluding hydrogens is 100 g/mol. The maximum absolute atomic E-state index is 3.83. The lowest BCUT2D eigenvalue weighted by Gasteiger charge is -1.93. The average Bonchev–Trinajstić information content (AvgIpc) is 1.81. The molecule has 8 heavy (non-hydrogen) atoms. The zero-order chi connectivity index (χ0) is 6.24. The third kappa shape index (κ3) is 5.47. The lowest BCUT2D eigenvalue weighted by atomic mass is 10.3. The first-order chi connectivity index (χ1) is 3.91. The molecule has 0 bridgehead atoms. The van der Waals surface area contributed by atoms with Gasteiger partial charge in [0.1, 0.15) is 0 Å². The van der Waals surface area contributed by atoms with Gasteiger partial charge in [-0.3, -0.25) is 0 Å². The van der Waals surface area contributed by atoms with Crippen molar-refractivity contribution in [2.75, 3.05) is 6.54 Å². The van der Waals surface area contributed by atoms with Crippen LogP contribution in [0.3, 0.4) is 0 Å². The fourth-order valence-corrected chi connectivity index (χ4v) is 0.412. The van der Waals surface area contributed by atoms with E-state index in [1.54, 1.807) is 6.21 Å². The SMILES string of the molecule is C/C=N/NCCCC. The summed E-state index contributed by atoms with van der Waals surface area (Å²) in [5, 5.41) is 3.83. The molecule has 0 spiro atoms. The standard InChI is InChI=1S/C6H14N2/c1-3-5-6-8-7-4-2/h4,8H,3,5-6H2,1-2H3/b7-4+. The Morgan fingerprint density at radius 2 is 2.38 bits per heavy atom. The van der Waals surface area contributed by atoms with Gasteiger partial charge in [0.2, 0.25) is 0 Å². The summed E-state index contributed by atoms with van der Waals surface area (Å²) in [6.07, 6.45) is 4.19. The second-order valence-corrected chi connectivity index (χ2v) is 1.65. The molecule has 0 heterocycles. The summed E-state index contributed by atoms with van der Waals surface area (Å²) in [5.41, 5.74) is 2.91. The predicted molar refractivity (Wildman–Crippen MR) is 37.1 cm³/mol. The van der Waals surface area contributed by atoms with Crippen molar-refractivity contribution < 1.29 is 0 Å². The van der Waals surface area contributed by atoms with Gasteiger partial charge in [0.05, 0.1) is 0 Å². The molecule has 0 saturated carbocycles. The summed E-state index contributed by atoms with van der Waals surface area (Å²) in [7, 11) is 0. The van der Waals surface area contributed by atoms with Gasteiger partial charge in [-0.15, -0.1) is 0 Å². The van der Waals surface area contributed by atoms with E-state index in [1.165, 1.54) is 12.8 Å². The third-order valence-electron chi connectivity index (χ3n) is 0.863. The summed E-state index contributed by atoms with van der Waals surface area (Å²) in [4.78, 5) is 0. The third-order valence-corrected chi connectivity index (χ3v) is 0.863. The van der Waals surface area contributed by atoms with Crippen LogP contribution in [-0.2, 0) is 0 Å². The highest BCUT2D eigenvalue weighted by Gasteiger charge is 1.76. The van der Waals surface area contributed by atoms with E-state index < -0.39 is 0 Å². The zero-order valence-electron chi connectivity index (χ0n) is 5.65. The molecule has 0 aliphatic rings. The van der Waals surface area contributed by atoms with Crippen LogP contribution in [0.2, 0.25) is 0 Å². The van der Waals surface area contributed by atoms with E-state index in [1.807, 2.05) is 6.92 Å². The number of rotatable bonds is 4. The summed E-state index contributed by atoms with van der Waals surface area (Å²) in [6, 6.07) is 0. The van der Waals surface area contributed by atoms with E-state index in [2.05, 4.69) is 17.5 Å². The number of unbranched alkanes of at least 4 members (excludes halogenated alkanes) is 1. The summed E-state index contributed by atoms with van der Waals surface area (Å²) in [6.45, 7) is 5.07. The largest absolute Gasteiger partial charge is 0.310 e. The van der Waals surface area contributed by atoms with Gasteiger partial charge in [0.15, 0.2) is 0 Å². The summed E-state index contributed by atoms with van der Waals surface area (Å²) in [5.74, 6) is 0. The van der Waals surface area contributed by atoms with Crippen LogP contribution in [0.4, 0.5) is 0 Å². The Balaban J connectivity index is 2.72. The maximum Gasteiger partial charge on any atom is 0.0329 e. The smallest absolute Gasteiger partial charge is 0.0329 e. The van der Waals surface area contributed by atoms with Gasteiger partial charge in [-0.05, 0) is 13.3 Å². The van der Waals surface area contributed by atoms with Crippen LogP contribution in [0, 0.1) is 0 Å². The van der Waals surface area contributed by atoms with Crippen molar-refractivity contribution in [3.8, 4) is 0 Å². The minimum absolute atomic E-state index is 1.00. The Hall–Kier alpha value is -0.530. The Kier molecular flexibility index (Phi) is 6.04. The molecule has 0 radical (unpaired) electrons. The van der Waals surface area contributed by atoms with Crippen LogP contribution in [0.1, 0.15) is 26.7 Å². The molecule has 2 heteroatoms. The van der Waals surface area contributed by atoms with E-state index in [0.717, 1.165) is 6.54 Å². The van der Waals surface area contributed by atoms with Crippen molar-refractivity contribution in [3.63, 3.8) is 0 Å². The van der Waals surface area contributed by atoms with Gasteiger partial charge in [-0.2, -0.15) is 5.10 Å². The van der Waals surface area contributed by atoms with Crippen molar-refractivity contribution >= 4 is 6.21 Å². The number of hydrogen-bond donors (Lipinski definition) is 1. The van der Waals surface area contributed by atoms with E-state index >= 15 is 0 Å². The number of nitrogens with zero attached hydrogens (tertiary/aromatic N) is 1. The van der Waals surface area contributed by atoms with E-state index in [-0.39, 0.29) is 0 Å². The molecular formula is C6H14N2. The van der Waals surface area contributed by atoms with Gasteiger partial charge in [0.25, 0.3) is 0 Å². The van der Waals surface area contributed by atoms with Crippen molar-refractivity contribution in [3.05, 3.63) is 0 Å². The monoisotopic (exact) mass is 114 g/mol.